The van der Waals surface area contributed by atoms with Gasteiger partial charge in [-0.2, -0.15) is 0 Å². The number of hydrogen-bond acceptors (Lipinski definition) is 3. The zero-order valence-electron chi connectivity index (χ0n) is 10.7. The molecule has 1 amide bonds. The molecule has 1 aliphatic carbocycles. The number of pyridine rings is 1. The van der Waals surface area contributed by atoms with Gasteiger partial charge in [0.1, 0.15) is 5.75 Å². The van der Waals surface area contributed by atoms with Crippen molar-refractivity contribution in [3.8, 4) is 5.75 Å². The van der Waals surface area contributed by atoms with Crippen LogP contribution in [0.25, 0.3) is 0 Å². The Balaban J connectivity index is 1.97. The summed E-state index contributed by atoms with van der Waals surface area (Å²) in [5.41, 5.74) is 0.309. The first-order valence-electron chi connectivity index (χ1n) is 6.64. The van der Waals surface area contributed by atoms with Crippen molar-refractivity contribution in [2.75, 3.05) is 0 Å². The van der Waals surface area contributed by atoms with Crippen molar-refractivity contribution in [2.24, 2.45) is 5.92 Å². The molecule has 0 radical (unpaired) electrons. The van der Waals surface area contributed by atoms with Crippen LogP contribution in [0.15, 0.2) is 18.5 Å². The third-order valence-corrected chi connectivity index (χ3v) is 3.74. The highest BCUT2D eigenvalue weighted by molar-refractivity contribution is 5.96. The van der Waals surface area contributed by atoms with Crippen molar-refractivity contribution in [2.45, 2.75) is 45.1 Å². The van der Waals surface area contributed by atoms with E-state index in [1.54, 1.807) is 6.07 Å². The lowest BCUT2D eigenvalue weighted by molar-refractivity contribution is 0.0916. The van der Waals surface area contributed by atoms with Crippen LogP contribution in [-0.2, 0) is 0 Å². The average molecular weight is 248 g/mol. The topological polar surface area (TPSA) is 62.2 Å². The Kier molecular flexibility index (Phi) is 4.18. The first kappa shape index (κ1) is 12.9. The second kappa shape index (κ2) is 5.85. The number of aromatic nitrogens is 1. The minimum absolute atomic E-state index is 0.0575. The van der Waals surface area contributed by atoms with Crippen molar-refractivity contribution < 1.29 is 9.90 Å². The molecule has 2 N–H and O–H groups in total. The molecule has 2 rings (SSSR count). The minimum atomic E-state index is -0.198. The Morgan fingerprint density at radius 2 is 2.39 bits per heavy atom. The van der Waals surface area contributed by atoms with E-state index in [-0.39, 0.29) is 17.7 Å². The van der Waals surface area contributed by atoms with Crippen LogP contribution in [0, 0.1) is 5.92 Å². The van der Waals surface area contributed by atoms with Gasteiger partial charge in [0.2, 0.25) is 0 Å². The molecule has 1 saturated carbocycles. The first-order valence-corrected chi connectivity index (χ1v) is 6.64. The minimum Gasteiger partial charge on any atom is -0.505 e. The normalized spacial score (nSPS) is 23.6. The van der Waals surface area contributed by atoms with Crippen molar-refractivity contribution in [1.29, 1.82) is 0 Å². The fraction of sp³-hybridized carbons (Fsp3) is 0.571. The van der Waals surface area contributed by atoms with Gasteiger partial charge in [0.15, 0.2) is 0 Å². The summed E-state index contributed by atoms with van der Waals surface area (Å²) in [5, 5.41) is 12.6. The van der Waals surface area contributed by atoms with Gasteiger partial charge in [-0.1, -0.05) is 26.2 Å². The van der Waals surface area contributed by atoms with E-state index in [0.717, 1.165) is 18.8 Å². The van der Waals surface area contributed by atoms with E-state index in [1.807, 2.05) is 0 Å². The van der Waals surface area contributed by atoms with Gasteiger partial charge in [-0.25, -0.2) is 0 Å². The molecule has 0 bridgehead atoms. The highest BCUT2D eigenvalue weighted by Crippen LogP contribution is 2.27. The molecule has 1 heterocycles. The fourth-order valence-electron chi connectivity index (χ4n) is 2.63. The Bertz CT molecular complexity index is 420. The lowest BCUT2D eigenvalue weighted by atomic mass is 9.84. The molecular weight excluding hydrogens is 228 g/mol. The molecule has 0 saturated heterocycles. The lowest BCUT2D eigenvalue weighted by Crippen LogP contribution is -2.38. The third-order valence-electron chi connectivity index (χ3n) is 3.74. The number of carbonyl (C=O) groups excluding carboxylic acids is 1. The lowest BCUT2D eigenvalue weighted by Gasteiger charge is -2.29. The molecule has 1 fully saturated rings. The summed E-state index contributed by atoms with van der Waals surface area (Å²) in [6, 6.07) is 1.79. The van der Waals surface area contributed by atoms with Crippen LogP contribution in [0.5, 0.6) is 5.75 Å². The van der Waals surface area contributed by atoms with Crippen LogP contribution >= 0.6 is 0 Å². The second-order valence-corrected chi connectivity index (χ2v) is 5.00. The predicted molar refractivity (Wildman–Crippen MR) is 69.4 cm³/mol. The van der Waals surface area contributed by atoms with Gasteiger partial charge in [0.25, 0.3) is 5.91 Å². The van der Waals surface area contributed by atoms with E-state index in [1.165, 1.54) is 31.7 Å². The van der Waals surface area contributed by atoms with Crippen molar-refractivity contribution in [3.05, 3.63) is 24.0 Å². The molecule has 4 nitrogen and oxygen atoms in total. The summed E-state index contributed by atoms with van der Waals surface area (Å²) < 4.78 is 0. The van der Waals surface area contributed by atoms with Crippen molar-refractivity contribution in [1.82, 2.24) is 10.3 Å². The van der Waals surface area contributed by atoms with Gasteiger partial charge in [-0.05, 0) is 24.8 Å². The second-order valence-electron chi connectivity index (χ2n) is 5.00. The van der Waals surface area contributed by atoms with Gasteiger partial charge in [0.05, 0.1) is 11.8 Å². The predicted octanol–water partition coefficient (Wildman–Crippen LogP) is 2.49. The van der Waals surface area contributed by atoms with E-state index in [2.05, 4.69) is 17.2 Å². The summed E-state index contributed by atoms with van der Waals surface area (Å²) in [6.45, 7) is 2.20. The van der Waals surface area contributed by atoms with Crippen LogP contribution in [0.2, 0.25) is 0 Å². The van der Waals surface area contributed by atoms with E-state index >= 15 is 0 Å². The molecule has 18 heavy (non-hydrogen) atoms. The molecule has 4 heteroatoms. The molecule has 1 aliphatic rings. The molecular formula is C14H20N2O2. The maximum absolute atomic E-state index is 12.0. The van der Waals surface area contributed by atoms with Crippen LogP contribution in [0.1, 0.15) is 49.4 Å². The number of hydrogen-bond donors (Lipinski definition) is 2. The van der Waals surface area contributed by atoms with E-state index in [0.29, 0.717) is 5.56 Å². The number of nitrogens with one attached hydrogen (secondary N) is 1. The van der Waals surface area contributed by atoms with Gasteiger partial charge in [0, 0.05) is 12.2 Å². The Morgan fingerprint density at radius 3 is 3.11 bits per heavy atom. The molecule has 0 spiro atoms. The van der Waals surface area contributed by atoms with Gasteiger partial charge < -0.3 is 10.4 Å². The summed E-state index contributed by atoms with van der Waals surface area (Å²) in [7, 11) is 0. The number of aromatic hydroxyl groups is 1. The van der Waals surface area contributed by atoms with Crippen LogP contribution in [0.4, 0.5) is 0 Å². The SMILES string of the molecule is CCC1CCCC(NC(=O)c2ccncc2O)C1. The first-order chi connectivity index (χ1) is 8.70. The zero-order valence-corrected chi connectivity index (χ0v) is 10.7. The van der Waals surface area contributed by atoms with Gasteiger partial charge >= 0.3 is 0 Å². The smallest absolute Gasteiger partial charge is 0.255 e. The van der Waals surface area contributed by atoms with Crippen LogP contribution in [-0.4, -0.2) is 22.0 Å². The summed E-state index contributed by atoms with van der Waals surface area (Å²) >= 11 is 0. The standard InChI is InChI=1S/C14H20N2O2/c1-2-10-4-3-5-11(8-10)16-14(18)12-6-7-15-9-13(12)17/h6-7,9-11,17H,2-5,8H2,1H3,(H,16,18). The fourth-order valence-corrected chi connectivity index (χ4v) is 2.63. The van der Waals surface area contributed by atoms with Crippen molar-refractivity contribution >= 4 is 5.91 Å². The molecule has 0 aliphatic heterocycles. The van der Waals surface area contributed by atoms with Crippen LogP contribution in [0.3, 0.4) is 0 Å². The molecule has 1 aromatic heterocycles. The highest BCUT2D eigenvalue weighted by Gasteiger charge is 2.23. The number of rotatable bonds is 3. The monoisotopic (exact) mass is 248 g/mol. The number of amides is 1. The van der Waals surface area contributed by atoms with E-state index < -0.39 is 0 Å². The van der Waals surface area contributed by atoms with Crippen LogP contribution < -0.4 is 5.32 Å². The average Bonchev–Trinajstić information content (AvgIpc) is 2.39. The summed E-state index contributed by atoms with van der Waals surface area (Å²) in [6.07, 6.45) is 8.51. The number of nitrogens with zero attached hydrogens (tertiary/aromatic N) is 1. The summed E-state index contributed by atoms with van der Waals surface area (Å²) in [4.78, 5) is 15.8. The van der Waals surface area contributed by atoms with E-state index in [4.69, 9.17) is 0 Å². The van der Waals surface area contributed by atoms with Crippen molar-refractivity contribution in [3.63, 3.8) is 0 Å². The highest BCUT2D eigenvalue weighted by atomic mass is 16.3. The maximum atomic E-state index is 12.0. The number of carbonyl (C=O) groups is 1. The molecule has 2 unspecified atom stereocenters. The zero-order chi connectivity index (χ0) is 13.0. The quantitative estimate of drug-likeness (QED) is 0.863. The van der Waals surface area contributed by atoms with Gasteiger partial charge in [-0.3, -0.25) is 9.78 Å². The van der Waals surface area contributed by atoms with E-state index in [9.17, 15) is 9.90 Å². The molecule has 0 aromatic carbocycles. The maximum Gasteiger partial charge on any atom is 0.255 e. The Morgan fingerprint density at radius 1 is 1.56 bits per heavy atom. The largest absolute Gasteiger partial charge is 0.505 e. The molecule has 98 valence electrons. The summed E-state index contributed by atoms with van der Waals surface area (Å²) in [5.74, 6) is 0.463. The molecule has 2 atom stereocenters. The van der Waals surface area contributed by atoms with Gasteiger partial charge in [-0.15, -0.1) is 0 Å². The third kappa shape index (κ3) is 3.00. The molecule has 1 aromatic rings. The Hall–Kier alpha value is -1.58. The Labute approximate surface area is 107 Å².